The number of hydrogen-bond donors (Lipinski definition) is 1. The van der Waals surface area contributed by atoms with Crippen LogP contribution in [0.2, 0.25) is 0 Å². The summed E-state index contributed by atoms with van der Waals surface area (Å²) in [7, 11) is 0. The van der Waals surface area contributed by atoms with Gasteiger partial charge in [0.1, 0.15) is 0 Å². The Hall–Kier alpha value is -0.450. The molecule has 4 heteroatoms. The Morgan fingerprint density at radius 2 is 2.11 bits per heavy atom. The monoisotopic (exact) mass is 270 g/mol. The third-order valence-corrected chi connectivity index (χ3v) is 3.83. The molecule has 1 heterocycles. The Kier molecular flexibility index (Phi) is 7.47. The summed E-state index contributed by atoms with van der Waals surface area (Å²) in [5.41, 5.74) is 1.26. The summed E-state index contributed by atoms with van der Waals surface area (Å²) in [6.45, 7) is 12.2. The van der Waals surface area contributed by atoms with Crippen LogP contribution in [0.25, 0.3) is 0 Å². The quantitative estimate of drug-likeness (QED) is 0.699. The highest BCUT2D eigenvalue weighted by molar-refractivity contribution is 7.11. The van der Waals surface area contributed by atoms with Crippen LogP contribution in [0.5, 0.6) is 0 Å². The smallest absolute Gasteiger partial charge is 0.0954 e. The van der Waals surface area contributed by atoms with Crippen LogP contribution in [0.4, 0.5) is 0 Å². The molecular formula is C14H26N2OS. The molecule has 0 atom stereocenters. The second-order valence-corrected chi connectivity index (χ2v) is 5.86. The van der Waals surface area contributed by atoms with Gasteiger partial charge in [-0.1, -0.05) is 20.8 Å². The van der Waals surface area contributed by atoms with E-state index in [0.717, 1.165) is 32.7 Å². The number of hydrogen-bond acceptors (Lipinski definition) is 4. The highest BCUT2D eigenvalue weighted by Gasteiger charge is 2.13. The van der Waals surface area contributed by atoms with Gasteiger partial charge in [-0.05, 0) is 25.8 Å². The Morgan fingerprint density at radius 3 is 2.72 bits per heavy atom. The van der Waals surface area contributed by atoms with Crippen LogP contribution in [0.1, 0.15) is 55.6 Å². The molecule has 0 aliphatic heterocycles. The van der Waals surface area contributed by atoms with Gasteiger partial charge in [-0.15, -0.1) is 11.3 Å². The van der Waals surface area contributed by atoms with E-state index in [1.165, 1.54) is 22.0 Å². The summed E-state index contributed by atoms with van der Waals surface area (Å²) in [4.78, 5) is 6.15. The molecule has 0 spiro atoms. The van der Waals surface area contributed by atoms with Gasteiger partial charge in [0, 0.05) is 24.4 Å². The van der Waals surface area contributed by atoms with Gasteiger partial charge in [0.2, 0.25) is 0 Å². The topological polar surface area (TPSA) is 34.1 Å². The van der Waals surface area contributed by atoms with Crippen molar-refractivity contribution in [2.75, 3.05) is 19.8 Å². The number of nitrogens with zero attached hydrogens (tertiary/aromatic N) is 1. The zero-order valence-electron chi connectivity index (χ0n) is 12.1. The molecule has 0 radical (unpaired) electrons. The Balaban J connectivity index is 2.61. The number of nitrogens with one attached hydrogen (secondary N) is 1. The molecule has 18 heavy (non-hydrogen) atoms. The first-order chi connectivity index (χ1) is 8.69. The molecule has 1 rings (SSSR count). The van der Waals surface area contributed by atoms with Gasteiger partial charge in [0.05, 0.1) is 17.3 Å². The van der Waals surface area contributed by atoms with Crippen LogP contribution in [0, 0.1) is 0 Å². The van der Waals surface area contributed by atoms with Gasteiger partial charge in [-0.3, -0.25) is 0 Å². The van der Waals surface area contributed by atoms with Crippen molar-refractivity contribution >= 4 is 11.3 Å². The van der Waals surface area contributed by atoms with Crippen LogP contribution >= 0.6 is 11.3 Å². The molecule has 104 valence electrons. The summed E-state index contributed by atoms with van der Waals surface area (Å²) in [5, 5.41) is 4.68. The first-order valence-electron chi connectivity index (χ1n) is 6.95. The molecule has 0 saturated heterocycles. The highest BCUT2D eigenvalue weighted by Crippen LogP contribution is 2.25. The number of thiazole rings is 1. The summed E-state index contributed by atoms with van der Waals surface area (Å²) in [5.74, 6) is 0.500. The molecule has 0 aliphatic carbocycles. The number of rotatable bonds is 9. The predicted molar refractivity (Wildman–Crippen MR) is 78.4 cm³/mol. The lowest BCUT2D eigenvalue weighted by Crippen LogP contribution is -2.14. The third-order valence-electron chi connectivity index (χ3n) is 2.70. The van der Waals surface area contributed by atoms with E-state index < -0.39 is 0 Å². The maximum absolute atomic E-state index is 5.40. The summed E-state index contributed by atoms with van der Waals surface area (Å²) in [6, 6.07) is 0. The maximum atomic E-state index is 5.40. The average molecular weight is 270 g/mol. The largest absolute Gasteiger partial charge is 0.381 e. The molecular weight excluding hydrogens is 244 g/mol. The molecule has 1 N–H and O–H groups in total. The molecule has 3 nitrogen and oxygen atoms in total. The molecule has 0 fully saturated rings. The van der Waals surface area contributed by atoms with E-state index in [4.69, 9.17) is 9.72 Å². The first-order valence-corrected chi connectivity index (χ1v) is 7.77. The summed E-state index contributed by atoms with van der Waals surface area (Å²) >= 11 is 1.84. The third kappa shape index (κ3) is 5.04. The zero-order chi connectivity index (χ0) is 13.4. The second-order valence-electron chi connectivity index (χ2n) is 4.69. The number of aromatic nitrogens is 1. The Morgan fingerprint density at radius 1 is 1.33 bits per heavy atom. The molecule has 0 unspecified atom stereocenters. The minimum Gasteiger partial charge on any atom is -0.381 e. The van der Waals surface area contributed by atoms with Crippen LogP contribution in [0.15, 0.2) is 0 Å². The van der Waals surface area contributed by atoms with E-state index in [2.05, 4.69) is 26.1 Å². The normalized spacial score (nSPS) is 11.4. The highest BCUT2D eigenvalue weighted by atomic mass is 32.1. The van der Waals surface area contributed by atoms with Crippen molar-refractivity contribution in [2.45, 2.75) is 53.0 Å². The molecule has 0 aliphatic rings. The van der Waals surface area contributed by atoms with Crippen molar-refractivity contribution in [1.29, 1.82) is 0 Å². The Labute approximate surface area is 115 Å². The second kappa shape index (κ2) is 8.62. The van der Waals surface area contributed by atoms with Crippen molar-refractivity contribution in [3.63, 3.8) is 0 Å². The van der Waals surface area contributed by atoms with Crippen LogP contribution in [-0.2, 0) is 17.7 Å². The van der Waals surface area contributed by atoms with Gasteiger partial charge in [0.25, 0.3) is 0 Å². The van der Waals surface area contributed by atoms with Crippen molar-refractivity contribution in [2.24, 2.45) is 0 Å². The Bertz CT molecular complexity index is 337. The maximum Gasteiger partial charge on any atom is 0.0954 e. The van der Waals surface area contributed by atoms with E-state index >= 15 is 0 Å². The molecule has 0 aromatic carbocycles. The molecule has 0 bridgehead atoms. The van der Waals surface area contributed by atoms with Crippen LogP contribution in [0.3, 0.4) is 0 Å². The van der Waals surface area contributed by atoms with Crippen molar-refractivity contribution in [3.05, 3.63) is 15.6 Å². The predicted octanol–water partition coefficient (Wildman–Crippen LogP) is 3.35. The van der Waals surface area contributed by atoms with Gasteiger partial charge in [-0.2, -0.15) is 0 Å². The van der Waals surface area contributed by atoms with Crippen molar-refractivity contribution < 1.29 is 4.74 Å². The van der Waals surface area contributed by atoms with E-state index in [-0.39, 0.29) is 0 Å². The summed E-state index contributed by atoms with van der Waals surface area (Å²) in [6.07, 6.45) is 2.11. The standard InChI is InChI=1S/C14H26N2OS/c1-5-8-15-10-12-14(11(3)4)16-13(18-12)7-9-17-6-2/h11,15H,5-10H2,1-4H3. The minimum absolute atomic E-state index is 0.500. The minimum atomic E-state index is 0.500. The van der Waals surface area contributed by atoms with E-state index in [1.807, 2.05) is 18.3 Å². The van der Waals surface area contributed by atoms with Crippen molar-refractivity contribution in [3.8, 4) is 0 Å². The zero-order valence-corrected chi connectivity index (χ0v) is 12.9. The van der Waals surface area contributed by atoms with Gasteiger partial charge < -0.3 is 10.1 Å². The lowest BCUT2D eigenvalue weighted by molar-refractivity contribution is 0.151. The fourth-order valence-electron chi connectivity index (χ4n) is 1.78. The summed E-state index contributed by atoms with van der Waals surface area (Å²) < 4.78 is 5.40. The molecule has 1 aromatic rings. The van der Waals surface area contributed by atoms with E-state index in [1.54, 1.807) is 0 Å². The van der Waals surface area contributed by atoms with Crippen LogP contribution in [-0.4, -0.2) is 24.7 Å². The average Bonchev–Trinajstić information content (AvgIpc) is 2.73. The lowest BCUT2D eigenvalue weighted by Gasteiger charge is -2.05. The molecule has 0 amide bonds. The fraction of sp³-hybridized carbons (Fsp3) is 0.786. The molecule has 1 aromatic heterocycles. The SMILES string of the molecule is CCCNCc1sc(CCOCC)nc1C(C)C. The first kappa shape index (κ1) is 15.6. The lowest BCUT2D eigenvalue weighted by atomic mass is 10.1. The van der Waals surface area contributed by atoms with Gasteiger partial charge in [0.15, 0.2) is 0 Å². The van der Waals surface area contributed by atoms with E-state index in [0.29, 0.717) is 5.92 Å². The molecule has 0 saturated carbocycles. The van der Waals surface area contributed by atoms with Crippen LogP contribution < -0.4 is 5.32 Å². The van der Waals surface area contributed by atoms with Gasteiger partial charge in [-0.25, -0.2) is 4.98 Å². The van der Waals surface area contributed by atoms with E-state index in [9.17, 15) is 0 Å². The van der Waals surface area contributed by atoms with Crippen molar-refractivity contribution in [1.82, 2.24) is 10.3 Å². The van der Waals surface area contributed by atoms with Gasteiger partial charge >= 0.3 is 0 Å². The number of ether oxygens (including phenoxy) is 1. The fourth-order valence-corrected chi connectivity index (χ4v) is 2.96.